The molecular weight excluding hydrogens is 294 g/mol. The highest BCUT2D eigenvalue weighted by atomic mass is 32.2. The molecule has 1 aromatic rings. The number of aromatic nitrogens is 1. The van der Waals surface area contributed by atoms with E-state index in [1.807, 2.05) is 20.8 Å². The zero-order valence-corrected chi connectivity index (χ0v) is 14.0. The first-order valence-corrected chi connectivity index (χ1v) is 8.35. The predicted octanol–water partition coefficient (Wildman–Crippen LogP) is 1.05. The molecule has 0 aliphatic rings. The average Bonchev–Trinajstić information content (AvgIpc) is 2.68. The molecule has 0 radical (unpaired) electrons. The number of hydrogen-bond donors (Lipinski definition) is 1. The lowest BCUT2D eigenvalue weighted by Crippen LogP contribution is -2.47. The van der Waals surface area contributed by atoms with Crippen molar-refractivity contribution in [1.29, 1.82) is 0 Å². The zero-order valence-electron chi connectivity index (χ0n) is 13.1. The average molecular weight is 317 g/mol. The summed E-state index contributed by atoms with van der Waals surface area (Å²) in [5.41, 5.74) is 0.219. The van der Waals surface area contributed by atoms with Crippen LogP contribution in [0.5, 0.6) is 0 Å². The summed E-state index contributed by atoms with van der Waals surface area (Å²) in [5.74, 6) is -0.367. The fourth-order valence-corrected chi connectivity index (χ4v) is 3.17. The Kier molecular flexibility index (Phi) is 5.52. The molecule has 1 rings (SSSR count). The van der Waals surface area contributed by atoms with Crippen LogP contribution >= 0.6 is 0 Å². The molecule has 7 nitrogen and oxygen atoms in total. The minimum atomic E-state index is -3.62. The van der Waals surface area contributed by atoms with Crippen molar-refractivity contribution in [2.75, 3.05) is 13.1 Å². The first kappa shape index (κ1) is 17.6. The van der Waals surface area contributed by atoms with Crippen molar-refractivity contribution in [2.24, 2.45) is 0 Å². The lowest BCUT2D eigenvalue weighted by Gasteiger charge is -2.24. The molecular formula is C13H23N3O4S. The molecule has 120 valence electrons. The van der Waals surface area contributed by atoms with Crippen molar-refractivity contribution >= 4 is 15.9 Å². The first-order valence-electron chi connectivity index (χ1n) is 6.74. The van der Waals surface area contributed by atoms with E-state index in [4.69, 9.17) is 4.52 Å². The van der Waals surface area contributed by atoms with Gasteiger partial charge < -0.3 is 9.84 Å². The molecule has 1 amide bonds. The number of carbonyl (C=O) groups is 1. The second-order valence-corrected chi connectivity index (χ2v) is 7.88. The second kappa shape index (κ2) is 6.57. The van der Waals surface area contributed by atoms with Crippen LogP contribution in [0.25, 0.3) is 0 Å². The van der Waals surface area contributed by atoms with Gasteiger partial charge >= 0.3 is 0 Å². The maximum atomic E-state index is 12.3. The Hall–Kier alpha value is -1.41. The topological polar surface area (TPSA) is 92.5 Å². The molecule has 1 heterocycles. The highest BCUT2D eigenvalue weighted by Gasteiger charge is 2.26. The van der Waals surface area contributed by atoms with Crippen LogP contribution in [0.1, 0.15) is 39.1 Å². The molecule has 0 aromatic carbocycles. The molecule has 1 N–H and O–H groups in total. The summed E-state index contributed by atoms with van der Waals surface area (Å²) in [6.07, 6.45) is 0. The summed E-state index contributed by atoms with van der Waals surface area (Å²) in [4.78, 5) is 11.9. The standard InChI is InChI=1S/C13H23N3O4S/c1-6-16(8-12(17)14-13(3,4)5)21(18,19)9-11-7-10(2)15-20-11/h7H,6,8-9H2,1-5H3,(H,14,17). The molecule has 0 atom stereocenters. The van der Waals surface area contributed by atoms with E-state index in [0.717, 1.165) is 4.31 Å². The number of carbonyl (C=O) groups excluding carboxylic acids is 1. The Balaban J connectivity index is 2.76. The molecule has 0 bridgehead atoms. The van der Waals surface area contributed by atoms with Gasteiger partial charge in [-0.2, -0.15) is 4.31 Å². The Bertz CT molecular complexity index is 587. The van der Waals surface area contributed by atoms with Crippen molar-refractivity contribution in [3.8, 4) is 0 Å². The van der Waals surface area contributed by atoms with Gasteiger partial charge in [0.15, 0.2) is 5.76 Å². The normalized spacial score (nSPS) is 12.7. The van der Waals surface area contributed by atoms with Crippen LogP contribution in [0.3, 0.4) is 0 Å². The third-order valence-corrected chi connectivity index (χ3v) is 4.41. The summed E-state index contributed by atoms with van der Waals surface area (Å²) in [6, 6.07) is 1.57. The van der Waals surface area contributed by atoms with Crippen LogP contribution < -0.4 is 5.32 Å². The number of nitrogens with one attached hydrogen (secondary N) is 1. The monoisotopic (exact) mass is 317 g/mol. The maximum absolute atomic E-state index is 12.3. The van der Waals surface area contributed by atoms with Crippen molar-refractivity contribution in [3.63, 3.8) is 0 Å². The van der Waals surface area contributed by atoms with Crippen LogP contribution in [0.15, 0.2) is 10.6 Å². The van der Waals surface area contributed by atoms with Crippen molar-refractivity contribution in [3.05, 3.63) is 17.5 Å². The molecule has 0 saturated heterocycles. The summed E-state index contributed by atoms with van der Waals surface area (Å²) >= 11 is 0. The van der Waals surface area contributed by atoms with Gasteiger partial charge in [-0.25, -0.2) is 8.42 Å². The van der Waals surface area contributed by atoms with E-state index >= 15 is 0 Å². The Morgan fingerprint density at radius 2 is 2.05 bits per heavy atom. The SMILES string of the molecule is CCN(CC(=O)NC(C)(C)C)S(=O)(=O)Cc1cc(C)no1. The van der Waals surface area contributed by atoms with E-state index in [0.29, 0.717) is 5.69 Å². The fourth-order valence-electron chi connectivity index (χ4n) is 1.78. The van der Waals surface area contributed by atoms with Gasteiger partial charge in [0, 0.05) is 18.2 Å². The minimum absolute atomic E-state index is 0.205. The molecule has 0 fully saturated rings. The number of likely N-dealkylation sites (N-methyl/N-ethyl adjacent to an activating group) is 1. The number of sulfonamides is 1. The van der Waals surface area contributed by atoms with Crippen molar-refractivity contribution < 1.29 is 17.7 Å². The third-order valence-electron chi connectivity index (χ3n) is 2.58. The Morgan fingerprint density at radius 1 is 1.43 bits per heavy atom. The van der Waals surface area contributed by atoms with Crippen molar-refractivity contribution in [2.45, 2.75) is 45.9 Å². The van der Waals surface area contributed by atoms with Gasteiger partial charge in [-0.3, -0.25) is 4.79 Å². The smallest absolute Gasteiger partial charge is 0.235 e. The van der Waals surface area contributed by atoms with E-state index in [-0.39, 0.29) is 30.5 Å². The van der Waals surface area contributed by atoms with E-state index in [1.165, 1.54) is 0 Å². The van der Waals surface area contributed by atoms with Crippen LogP contribution in [0.4, 0.5) is 0 Å². The molecule has 0 aliphatic carbocycles. The van der Waals surface area contributed by atoms with Gasteiger partial charge in [0.2, 0.25) is 15.9 Å². The van der Waals surface area contributed by atoms with Crippen LogP contribution in [-0.4, -0.2) is 42.4 Å². The molecule has 21 heavy (non-hydrogen) atoms. The molecule has 0 aliphatic heterocycles. The zero-order chi connectivity index (χ0) is 16.3. The summed E-state index contributed by atoms with van der Waals surface area (Å²) in [5, 5.41) is 6.40. The predicted molar refractivity (Wildman–Crippen MR) is 79.0 cm³/mol. The molecule has 8 heteroatoms. The van der Waals surface area contributed by atoms with Crippen LogP contribution in [-0.2, 0) is 20.6 Å². The lowest BCUT2D eigenvalue weighted by molar-refractivity contribution is -0.122. The molecule has 0 spiro atoms. The van der Waals surface area contributed by atoms with Gasteiger partial charge in [0.1, 0.15) is 5.75 Å². The lowest BCUT2D eigenvalue weighted by atomic mass is 10.1. The van der Waals surface area contributed by atoms with E-state index < -0.39 is 15.6 Å². The van der Waals surface area contributed by atoms with E-state index in [9.17, 15) is 13.2 Å². The molecule has 0 unspecified atom stereocenters. The number of aryl methyl sites for hydroxylation is 1. The van der Waals surface area contributed by atoms with E-state index in [2.05, 4.69) is 10.5 Å². The first-order chi connectivity index (χ1) is 9.53. The van der Waals surface area contributed by atoms with Gasteiger partial charge in [-0.1, -0.05) is 12.1 Å². The quantitative estimate of drug-likeness (QED) is 0.846. The Morgan fingerprint density at radius 3 is 2.48 bits per heavy atom. The summed E-state index contributed by atoms with van der Waals surface area (Å²) < 4.78 is 30.7. The van der Waals surface area contributed by atoms with Crippen LogP contribution in [0, 0.1) is 6.92 Å². The van der Waals surface area contributed by atoms with E-state index in [1.54, 1.807) is 19.9 Å². The number of hydrogen-bond acceptors (Lipinski definition) is 5. The summed E-state index contributed by atoms with van der Waals surface area (Å²) in [6.45, 7) is 8.94. The fraction of sp³-hybridized carbons (Fsp3) is 0.692. The van der Waals surface area contributed by atoms with Gasteiger partial charge in [-0.15, -0.1) is 0 Å². The molecule has 1 aromatic heterocycles. The molecule has 0 saturated carbocycles. The number of rotatable bonds is 6. The second-order valence-electron chi connectivity index (χ2n) is 5.92. The van der Waals surface area contributed by atoms with Crippen LogP contribution in [0.2, 0.25) is 0 Å². The van der Waals surface area contributed by atoms with Gasteiger partial charge in [0.25, 0.3) is 0 Å². The van der Waals surface area contributed by atoms with Gasteiger partial charge in [0.05, 0.1) is 12.2 Å². The maximum Gasteiger partial charge on any atom is 0.235 e. The highest BCUT2D eigenvalue weighted by Crippen LogP contribution is 2.12. The number of amides is 1. The highest BCUT2D eigenvalue weighted by molar-refractivity contribution is 7.88. The summed E-state index contributed by atoms with van der Waals surface area (Å²) in [7, 11) is -3.62. The third kappa shape index (κ3) is 5.84. The number of nitrogens with zero attached hydrogens (tertiary/aromatic N) is 2. The minimum Gasteiger partial charge on any atom is -0.360 e. The largest absolute Gasteiger partial charge is 0.360 e. The van der Waals surface area contributed by atoms with Crippen molar-refractivity contribution in [1.82, 2.24) is 14.8 Å². The Labute approximate surface area is 125 Å². The van der Waals surface area contributed by atoms with Gasteiger partial charge in [-0.05, 0) is 27.7 Å².